The first kappa shape index (κ1) is 17.5. The second-order valence-electron chi connectivity index (χ2n) is 5.41. The largest absolute Gasteiger partial charge is 0.493 e. The maximum Gasteiger partial charge on any atom is 0.224 e. The van der Waals surface area contributed by atoms with E-state index in [2.05, 4.69) is 20.6 Å². The molecule has 0 aliphatic heterocycles. The average Bonchev–Trinajstić information content (AvgIpc) is 2.67. The third kappa shape index (κ3) is 4.18. The van der Waals surface area contributed by atoms with Gasteiger partial charge in [0.25, 0.3) is 0 Å². The standard InChI is InChI=1S/C19H19FN4O2/c1-25-16-8-7-14(11-17(16)26-2)23-18-9-10-21-19(24-18)22-12-13-5-3-4-6-15(13)20/h3-11H,12H2,1-2H3,(H2,21,22,23,24). The zero-order valence-corrected chi connectivity index (χ0v) is 14.5. The number of benzene rings is 2. The minimum Gasteiger partial charge on any atom is -0.493 e. The molecule has 0 saturated heterocycles. The number of anilines is 3. The zero-order chi connectivity index (χ0) is 18.4. The van der Waals surface area contributed by atoms with Gasteiger partial charge in [0, 0.05) is 30.1 Å². The molecule has 0 fully saturated rings. The molecule has 1 heterocycles. The number of rotatable bonds is 7. The Morgan fingerprint density at radius 2 is 1.81 bits per heavy atom. The quantitative estimate of drug-likeness (QED) is 0.669. The molecule has 0 atom stereocenters. The van der Waals surface area contributed by atoms with E-state index in [-0.39, 0.29) is 5.82 Å². The Labute approximate surface area is 151 Å². The molecule has 7 heteroatoms. The van der Waals surface area contributed by atoms with Crippen molar-refractivity contribution in [2.24, 2.45) is 0 Å². The smallest absolute Gasteiger partial charge is 0.224 e. The first-order valence-electron chi connectivity index (χ1n) is 7.99. The van der Waals surface area contributed by atoms with Crippen LogP contribution in [0.15, 0.2) is 54.7 Å². The van der Waals surface area contributed by atoms with E-state index in [1.165, 1.54) is 6.07 Å². The highest BCUT2D eigenvalue weighted by Crippen LogP contribution is 2.30. The predicted octanol–water partition coefficient (Wildman–Crippen LogP) is 3.99. The summed E-state index contributed by atoms with van der Waals surface area (Å²) < 4.78 is 24.2. The summed E-state index contributed by atoms with van der Waals surface area (Å²) in [5.74, 6) is 2.00. The molecule has 26 heavy (non-hydrogen) atoms. The molecule has 3 aromatic rings. The van der Waals surface area contributed by atoms with Gasteiger partial charge in [-0.05, 0) is 24.3 Å². The Morgan fingerprint density at radius 1 is 1.00 bits per heavy atom. The van der Waals surface area contributed by atoms with Crippen LogP contribution in [-0.4, -0.2) is 24.2 Å². The van der Waals surface area contributed by atoms with E-state index in [0.717, 1.165) is 5.69 Å². The lowest BCUT2D eigenvalue weighted by Gasteiger charge is -2.11. The molecule has 2 N–H and O–H groups in total. The Hall–Kier alpha value is -3.35. The average molecular weight is 354 g/mol. The fraction of sp³-hybridized carbons (Fsp3) is 0.158. The first-order valence-corrected chi connectivity index (χ1v) is 7.99. The van der Waals surface area contributed by atoms with Crippen molar-refractivity contribution in [2.45, 2.75) is 6.54 Å². The van der Waals surface area contributed by atoms with Gasteiger partial charge in [0.1, 0.15) is 11.6 Å². The molecule has 0 aliphatic carbocycles. The minimum absolute atomic E-state index is 0.264. The molecular formula is C19H19FN4O2. The topological polar surface area (TPSA) is 68.3 Å². The molecular weight excluding hydrogens is 335 g/mol. The molecule has 0 radical (unpaired) electrons. The zero-order valence-electron chi connectivity index (χ0n) is 14.5. The molecule has 0 amide bonds. The van der Waals surface area contributed by atoms with Gasteiger partial charge in [-0.15, -0.1) is 0 Å². The van der Waals surface area contributed by atoms with E-state index >= 15 is 0 Å². The van der Waals surface area contributed by atoms with Crippen molar-refractivity contribution in [3.63, 3.8) is 0 Å². The van der Waals surface area contributed by atoms with Crippen LogP contribution in [0.2, 0.25) is 0 Å². The number of aromatic nitrogens is 2. The normalized spacial score (nSPS) is 10.3. The van der Waals surface area contributed by atoms with Gasteiger partial charge >= 0.3 is 0 Å². The van der Waals surface area contributed by atoms with Crippen LogP contribution in [0.25, 0.3) is 0 Å². The molecule has 1 aromatic heterocycles. The monoisotopic (exact) mass is 354 g/mol. The Morgan fingerprint density at radius 3 is 2.58 bits per heavy atom. The molecule has 6 nitrogen and oxygen atoms in total. The van der Waals surface area contributed by atoms with Crippen LogP contribution in [0.5, 0.6) is 11.5 Å². The Kier molecular flexibility index (Phi) is 5.48. The number of methoxy groups -OCH3 is 2. The van der Waals surface area contributed by atoms with E-state index in [4.69, 9.17) is 9.47 Å². The van der Waals surface area contributed by atoms with Gasteiger partial charge in [-0.3, -0.25) is 0 Å². The van der Waals surface area contributed by atoms with Crippen molar-refractivity contribution in [1.82, 2.24) is 9.97 Å². The molecule has 0 aliphatic rings. The van der Waals surface area contributed by atoms with E-state index in [1.54, 1.807) is 50.7 Å². The van der Waals surface area contributed by atoms with E-state index in [1.807, 2.05) is 12.1 Å². The van der Waals surface area contributed by atoms with Crippen LogP contribution in [0.1, 0.15) is 5.56 Å². The van der Waals surface area contributed by atoms with Crippen molar-refractivity contribution in [1.29, 1.82) is 0 Å². The molecule has 0 bridgehead atoms. The number of hydrogen-bond acceptors (Lipinski definition) is 6. The van der Waals surface area contributed by atoms with Gasteiger partial charge in [0.05, 0.1) is 14.2 Å². The van der Waals surface area contributed by atoms with Crippen LogP contribution in [0.3, 0.4) is 0 Å². The molecule has 2 aromatic carbocycles. The molecule has 0 unspecified atom stereocenters. The third-order valence-corrected chi connectivity index (χ3v) is 3.71. The fourth-order valence-corrected chi connectivity index (χ4v) is 2.39. The summed E-state index contributed by atoms with van der Waals surface area (Å²) in [6.07, 6.45) is 1.62. The fourth-order valence-electron chi connectivity index (χ4n) is 2.39. The van der Waals surface area contributed by atoms with E-state index in [9.17, 15) is 4.39 Å². The van der Waals surface area contributed by atoms with Crippen molar-refractivity contribution in [2.75, 3.05) is 24.9 Å². The molecule has 0 spiro atoms. The van der Waals surface area contributed by atoms with Crippen LogP contribution < -0.4 is 20.1 Å². The van der Waals surface area contributed by atoms with Crippen molar-refractivity contribution < 1.29 is 13.9 Å². The van der Waals surface area contributed by atoms with Gasteiger partial charge in [0.15, 0.2) is 11.5 Å². The van der Waals surface area contributed by atoms with Crippen LogP contribution >= 0.6 is 0 Å². The summed E-state index contributed by atoms with van der Waals surface area (Å²) in [5, 5.41) is 6.20. The van der Waals surface area contributed by atoms with Gasteiger partial charge in [0.2, 0.25) is 5.95 Å². The summed E-state index contributed by atoms with van der Waals surface area (Å²) in [6, 6.07) is 13.8. The molecule has 3 rings (SSSR count). The Bertz CT molecular complexity index is 889. The number of nitrogens with one attached hydrogen (secondary N) is 2. The summed E-state index contributed by atoms with van der Waals surface area (Å²) in [4.78, 5) is 8.54. The maximum atomic E-state index is 13.7. The predicted molar refractivity (Wildman–Crippen MR) is 98.6 cm³/mol. The first-order chi connectivity index (χ1) is 12.7. The summed E-state index contributed by atoms with van der Waals surface area (Å²) in [7, 11) is 3.17. The van der Waals surface area contributed by atoms with Crippen LogP contribution in [0, 0.1) is 5.82 Å². The van der Waals surface area contributed by atoms with Crippen molar-refractivity contribution >= 4 is 17.5 Å². The summed E-state index contributed by atoms with van der Waals surface area (Å²) in [6.45, 7) is 0.298. The van der Waals surface area contributed by atoms with Crippen molar-refractivity contribution in [3.8, 4) is 11.5 Å². The number of nitrogens with zero attached hydrogens (tertiary/aromatic N) is 2. The van der Waals surface area contributed by atoms with Crippen molar-refractivity contribution in [3.05, 3.63) is 66.1 Å². The maximum absolute atomic E-state index is 13.7. The minimum atomic E-state index is -0.264. The third-order valence-electron chi connectivity index (χ3n) is 3.71. The van der Waals surface area contributed by atoms with Gasteiger partial charge in [-0.25, -0.2) is 9.37 Å². The highest BCUT2D eigenvalue weighted by Gasteiger charge is 2.06. The second-order valence-corrected chi connectivity index (χ2v) is 5.41. The number of halogens is 1. The van der Waals surface area contributed by atoms with Gasteiger partial charge < -0.3 is 20.1 Å². The Balaban J connectivity index is 1.70. The van der Waals surface area contributed by atoms with Gasteiger partial charge in [-0.1, -0.05) is 18.2 Å². The van der Waals surface area contributed by atoms with E-state index < -0.39 is 0 Å². The lowest BCUT2D eigenvalue weighted by molar-refractivity contribution is 0.355. The van der Waals surface area contributed by atoms with E-state index in [0.29, 0.717) is 35.4 Å². The lowest BCUT2D eigenvalue weighted by atomic mass is 10.2. The second kappa shape index (κ2) is 8.15. The lowest BCUT2D eigenvalue weighted by Crippen LogP contribution is -2.06. The number of ether oxygens (including phenoxy) is 2. The SMILES string of the molecule is COc1ccc(Nc2ccnc(NCc3ccccc3F)n2)cc1OC. The summed E-state index contributed by atoms with van der Waals surface area (Å²) in [5.41, 5.74) is 1.34. The van der Waals surface area contributed by atoms with Gasteiger partial charge in [-0.2, -0.15) is 4.98 Å². The number of hydrogen-bond donors (Lipinski definition) is 2. The molecule has 0 saturated carbocycles. The molecule has 134 valence electrons. The van der Waals surface area contributed by atoms with Crippen LogP contribution in [0.4, 0.5) is 21.8 Å². The van der Waals surface area contributed by atoms with Crippen LogP contribution in [-0.2, 0) is 6.54 Å². The highest BCUT2D eigenvalue weighted by molar-refractivity contribution is 5.61. The highest BCUT2D eigenvalue weighted by atomic mass is 19.1. The summed E-state index contributed by atoms with van der Waals surface area (Å²) >= 11 is 0.